The van der Waals surface area contributed by atoms with Crippen LogP contribution in [0, 0.1) is 0 Å². The van der Waals surface area contributed by atoms with E-state index in [2.05, 4.69) is 0 Å². The quantitative estimate of drug-likeness (QED) is 0.896. The van der Waals surface area contributed by atoms with Crippen molar-refractivity contribution in [2.24, 2.45) is 0 Å². The summed E-state index contributed by atoms with van der Waals surface area (Å²) in [7, 11) is -3.39. The highest BCUT2D eigenvalue weighted by Crippen LogP contribution is 2.24. The van der Waals surface area contributed by atoms with Gasteiger partial charge in [-0.3, -0.25) is 0 Å². The molecule has 1 saturated heterocycles. The van der Waals surface area contributed by atoms with Gasteiger partial charge in [0.25, 0.3) is 0 Å². The third-order valence-electron chi connectivity index (χ3n) is 3.16. The van der Waals surface area contributed by atoms with Gasteiger partial charge in [0.1, 0.15) is 0 Å². The second-order valence-electron chi connectivity index (χ2n) is 4.81. The zero-order valence-electron chi connectivity index (χ0n) is 10.7. The minimum absolute atomic E-state index is 0.162. The Labute approximate surface area is 122 Å². The fourth-order valence-electron chi connectivity index (χ4n) is 2.20. The molecule has 0 spiro atoms. The molecule has 0 aromatic heterocycles. The number of benzene rings is 1. The van der Waals surface area contributed by atoms with Crippen LogP contribution in [-0.2, 0) is 25.1 Å². The summed E-state index contributed by atoms with van der Waals surface area (Å²) in [5.74, 6) is -1.39. The summed E-state index contributed by atoms with van der Waals surface area (Å²) in [6, 6.07) is 6.76. The van der Waals surface area contributed by atoms with Crippen LogP contribution in [0.25, 0.3) is 0 Å². The Hall–Kier alpha value is -1.11. The van der Waals surface area contributed by atoms with Crippen molar-refractivity contribution in [1.82, 2.24) is 0 Å². The number of carboxylic acid groups (broad SMARTS) is 1. The van der Waals surface area contributed by atoms with Crippen LogP contribution >= 0.6 is 11.6 Å². The van der Waals surface area contributed by atoms with Gasteiger partial charge < -0.3 is 9.84 Å². The third-order valence-corrected chi connectivity index (χ3v) is 5.16. The van der Waals surface area contributed by atoms with Crippen LogP contribution in [0.5, 0.6) is 0 Å². The zero-order valence-corrected chi connectivity index (χ0v) is 12.2. The Kier molecular flexibility index (Phi) is 4.67. The van der Waals surface area contributed by atoms with Gasteiger partial charge in [-0.25, -0.2) is 13.2 Å². The van der Waals surface area contributed by atoms with E-state index in [1.165, 1.54) is 0 Å². The van der Waals surface area contributed by atoms with E-state index in [0.717, 1.165) is 0 Å². The largest absolute Gasteiger partial charge is 0.479 e. The molecule has 1 fully saturated rings. The topological polar surface area (TPSA) is 80.7 Å². The molecular weight excluding hydrogens is 304 g/mol. The van der Waals surface area contributed by atoms with E-state index >= 15 is 0 Å². The van der Waals surface area contributed by atoms with E-state index < -0.39 is 28.0 Å². The molecule has 2 atom stereocenters. The fraction of sp³-hybridized carbons (Fsp3) is 0.462. The first-order chi connectivity index (χ1) is 9.37. The number of sulfone groups is 1. The van der Waals surface area contributed by atoms with Crippen molar-refractivity contribution in [3.8, 4) is 0 Å². The third kappa shape index (κ3) is 3.94. The summed E-state index contributed by atoms with van der Waals surface area (Å²) in [4.78, 5) is 10.8. The lowest BCUT2D eigenvalue weighted by atomic mass is 10.2. The van der Waals surface area contributed by atoms with Crippen LogP contribution in [0.4, 0.5) is 0 Å². The summed E-state index contributed by atoms with van der Waals surface area (Å²) in [5, 5.41) is 9.22. The molecule has 1 aromatic rings. The number of carboxylic acids is 1. The van der Waals surface area contributed by atoms with Gasteiger partial charge in [0.05, 0.1) is 17.6 Å². The first kappa shape index (κ1) is 15.3. The number of carbonyl (C=O) groups is 1. The molecule has 110 valence electrons. The Balaban J connectivity index is 1.99. The van der Waals surface area contributed by atoms with Crippen molar-refractivity contribution in [3.05, 3.63) is 34.9 Å². The summed E-state index contributed by atoms with van der Waals surface area (Å²) < 4.78 is 29.4. The molecule has 1 N–H and O–H groups in total. The predicted octanol–water partition coefficient (Wildman–Crippen LogP) is 1.89. The number of hydrogen-bond acceptors (Lipinski definition) is 4. The van der Waals surface area contributed by atoms with Gasteiger partial charge in [-0.05, 0) is 24.5 Å². The molecular formula is C13H15ClO5S. The van der Waals surface area contributed by atoms with Crippen molar-refractivity contribution in [2.75, 3.05) is 5.75 Å². The number of rotatable bonds is 5. The van der Waals surface area contributed by atoms with Gasteiger partial charge in [-0.2, -0.15) is 0 Å². The van der Waals surface area contributed by atoms with Gasteiger partial charge in [0, 0.05) is 5.02 Å². The van der Waals surface area contributed by atoms with Gasteiger partial charge >= 0.3 is 5.97 Å². The van der Waals surface area contributed by atoms with Gasteiger partial charge in [-0.1, -0.05) is 29.8 Å². The lowest BCUT2D eigenvalue weighted by Gasteiger charge is -2.12. The van der Waals surface area contributed by atoms with Crippen molar-refractivity contribution < 1.29 is 23.1 Å². The van der Waals surface area contributed by atoms with E-state index in [9.17, 15) is 13.2 Å². The van der Waals surface area contributed by atoms with Gasteiger partial charge in [0.15, 0.2) is 15.9 Å². The van der Waals surface area contributed by atoms with Crippen molar-refractivity contribution >= 4 is 27.4 Å². The highest BCUT2D eigenvalue weighted by molar-refractivity contribution is 7.90. The average molecular weight is 319 g/mol. The molecule has 0 radical (unpaired) electrons. The number of hydrogen-bond donors (Lipinski definition) is 1. The second kappa shape index (κ2) is 6.11. The maximum atomic E-state index is 12.1. The van der Waals surface area contributed by atoms with Crippen LogP contribution < -0.4 is 0 Å². The zero-order chi connectivity index (χ0) is 14.8. The Bertz CT molecular complexity index is 599. The monoisotopic (exact) mass is 318 g/mol. The number of aliphatic carboxylic acids is 1. The van der Waals surface area contributed by atoms with Gasteiger partial charge in [0.2, 0.25) is 0 Å². The second-order valence-corrected chi connectivity index (χ2v) is 7.32. The minimum Gasteiger partial charge on any atom is -0.479 e. The smallest absolute Gasteiger partial charge is 0.332 e. The normalized spacial score (nSPS) is 22.9. The van der Waals surface area contributed by atoms with Crippen LogP contribution in [0.3, 0.4) is 0 Å². The van der Waals surface area contributed by atoms with Crippen molar-refractivity contribution in [2.45, 2.75) is 30.8 Å². The lowest BCUT2D eigenvalue weighted by molar-refractivity contribution is -0.148. The molecule has 1 aliphatic rings. The summed E-state index contributed by atoms with van der Waals surface area (Å²) in [6.45, 7) is 0. The molecule has 0 bridgehead atoms. The predicted molar refractivity (Wildman–Crippen MR) is 74.5 cm³/mol. The van der Waals surface area contributed by atoms with E-state index in [1.54, 1.807) is 24.3 Å². The summed E-state index contributed by atoms with van der Waals surface area (Å²) in [6.07, 6.45) is -0.653. The Morgan fingerprint density at radius 1 is 1.35 bits per heavy atom. The summed E-state index contributed by atoms with van der Waals surface area (Å²) in [5.41, 5.74) is 0.543. The van der Waals surface area contributed by atoms with E-state index in [1.807, 2.05) is 0 Å². The van der Waals surface area contributed by atoms with Crippen LogP contribution in [0.1, 0.15) is 18.4 Å². The van der Waals surface area contributed by atoms with E-state index in [4.69, 9.17) is 21.4 Å². The molecule has 2 unspecified atom stereocenters. The maximum absolute atomic E-state index is 12.1. The van der Waals surface area contributed by atoms with Gasteiger partial charge in [-0.15, -0.1) is 0 Å². The van der Waals surface area contributed by atoms with E-state index in [-0.39, 0.29) is 11.5 Å². The highest BCUT2D eigenvalue weighted by Gasteiger charge is 2.33. The average Bonchev–Trinajstić information content (AvgIpc) is 2.79. The first-order valence-corrected chi connectivity index (χ1v) is 8.39. The van der Waals surface area contributed by atoms with E-state index in [0.29, 0.717) is 23.4 Å². The maximum Gasteiger partial charge on any atom is 0.332 e. The van der Waals surface area contributed by atoms with Crippen LogP contribution in [-0.4, -0.2) is 37.5 Å². The summed E-state index contributed by atoms with van der Waals surface area (Å²) >= 11 is 5.94. The van der Waals surface area contributed by atoms with Crippen LogP contribution in [0.15, 0.2) is 24.3 Å². The number of halogens is 1. The lowest BCUT2D eigenvalue weighted by Crippen LogP contribution is -2.25. The molecule has 0 aliphatic carbocycles. The highest BCUT2D eigenvalue weighted by atomic mass is 35.5. The standard InChI is InChI=1S/C13H15ClO5S/c14-11-4-2-1-3-9(11)7-20(17,18)8-10-5-6-12(19-10)13(15)16/h1-4,10,12H,5-8H2,(H,15,16). The molecule has 0 amide bonds. The Morgan fingerprint density at radius 2 is 2.05 bits per heavy atom. The molecule has 1 aliphatic heterocycles. The molecule has 2 rings (SSSR count). The van der Waals surface area contributed by atoms with Crippen LogP contribution in [0.2, 0.25) is 5.02 Å². The molecule has 7 heteroatoms. The minimum atomic E-state index is -3.39. The SMILES string of the molecule is O=C(O)C1CCC(CS(=O)(=O)Cc2ccccc2Cl)O1. The molecule has 1 heterocycles. The van der Waals surface area contributed by atoms with Crippen molar-refractivity contribution in [3.63, 3.8) is 0 Å². The first-order valence-electron chi connectivity index (χ1n) is 6.19. The number of ether oxygens (including phenoxy) is 1. The molecule has 0 saturated carbocycles. The molecule has 1 aromatic carbocycles. The van der Waals surface area contributed by atoms with Crippen molar-refractivity contribution in [1.29, 1.82) is 0 Å². The Morgan fingerprint density at radius 3 is 2.65 bits per heavy atom. The molecule has 5 nitrogen and oxygen atoms in total. The fourth-order valence-corrected chi connectivity index (χ4v) is 4.14. The molecule has 20 heavy (non-hydrogen) atoms.